The van der Waals surface area contributed by atoms with Gasteiger partial charge >= 0.3 is 0 Å². The standard InChI is InChI=1S/C25H27N3O5S/c1-19-12-14-20(15-13-19)28(34(31,32)21-8-4-3-5-9-21)18-24(29)27-23-11-7-6-10-22(23)25(30)26-16-17-33-2/h3-15H,16-18H2,1-2H3,(H,26,30)(H,27,29). The molecule has 0 unspecified atom stereocenters. The minimum atomic E-state index is -4.02. The highest BCUT2D eigenvalue weighted by molar-refractivity contribution is 7.92. The van der Waals surface area contributed by atoms with Gasteiger partial charge in [-0.1, -0.05) is 48.0 Å². The van der Waals surface area contributed by atoms with Crippen LogP contribution in [0.25, 0.3) is 0 Å². The molecule has 9 heteroatoms. The lowest BCUT2D eigenvalue weighted by Crippen LogP contribution is -2.38. The molecule has 2 N–H and O–H groups in total. The van der Waals surface area contributed by atoms with Crippen LogP contribution in [0.2, 0.25) is 0 Å². The molecule has 0 radical (unpaired) electrons. The number of nitrogens with one attached hydrogen (secondary N) is 2. The van der Waals surface area contributed by atoms with Crippen molar-refractivity contribution in [3.63, 3.8) is 0 Å². The number of carbonyl (C=O) groups excluding carboxylic acids is 2. The third-order valence-corrected chi connectivity index (χ3v) is 6.77. The largest absolute Gasteiger partial charge is 0.383 e. The lowest BCUT2D eigenvalue weighted by atomic mass is 10.1. The quantitative estimate of drug-likeness (QED) is 0.433. The van der Waals surface area contributed by atoms with E-state index >= 15 is 0 Å². The second-order valence-corrected chi connectivity index (χ2v) is 9.37. The van der Waals surface area contributed by atoms with Gasteiger partial charge in [-0.2, -0.15) is 0 Å². The van der Waals surface area contributed by atoms with Gasteiger partial charge in [0.05, 0.1) is 28.4 Å². The van der Waals surface area contributed by atoms with Crippen molar-refractivity contribution in [3.8, 4) is 0 Å². The van der Waals surface area contributed by atoms with E-state index in [1.54, 1.807) is 66.7 Å². The van der Waals surface area contributed by atoms with Crippen LogP contribution in [-0.2, 0) is 19.6 Å². The van der Waals surface area contributed by atoms with Crippen molar-refractivity contribution in [1.29, 1.82) is 0 Å². The molecule has 0 heterocycles. The maximum Gasteiger partial charge on any atom is 0.264 e. The van der Waals surface area contributed by atoms with E-state index in [4.69, 9.17) is 4.74 Å². The molecule has 0 saturated heterocycles. The highest BCUT2D eigenvalue weighted by atomic mass is 32.2. The first-order valence-corrected chi connectivity index (χ1v) is 12.1. The molecule has 3 rings (SSSR count). The Labute approximate surface area is 199 Å². The Hall–Kier alpha value is -3.69. The molecule has 0 aliphatic heterocycles. The van der Waals surface area contributed by atoms with E-state index in [9.17, 15) is 18.0 Å². The lowest BCUT2D eigenvalue weighted by molar-refractivity contribution is -0.114. The minimum absolute atomic E-state index is 0.0706. The van der Waals surface area contributed by atoms with Crippen molar-refractivity contribution in [1.82, 2.24) is 5.32 Å². The normalized spacial score (nSPS) is 11.0. The fourth-order valence-electron chi connectivity index (χ4n) is 3.22. The number of amides is 2. The Balaban J connectivity index is 1.86. The number of aryl methyl sites for hydroxylation is 1. The van der Waals surface area contributed by atoms with Gasteiger partial charge in [-0.15, -0.1) is 0 Å². The molecule has 178 valence electrons. The van der Waals surface area contributed by atoms with Gasteiger partial charge in [0.1, 0.15) is 6.54 Å². The van der Waals surface area contributed by atoms with Crippen molar-refractivity contribution in [2.24, 2.45) is 0 Å². The van der Waals surface area contributed by atoms with E-state index in [0.29, 0.717) is 18.8 Å². The molecule has 2 amide bonds. The van der Waals surface area contributed by atoms with Gasteiger partial charge in [-0.05, 0) is 43.3 Å². The van der Waals surface area contributed by atoms with Crippen LogP contribution in [-0.4, -0.2) is 47.0 Å². The number of methoxy groups -OCH3 is 1. The molecule has 8 nitrogen and oxygen atoms in total. The smallest absolute Gasteiger partial charge is 0.264 e. The number of carbonyl (C=O) groups is 2. The van der Waals surface area contributed by atoms with Crippen LogP contribution < -0.4 is 14.9 Å². The summed E-state index contributed by atoms with van der Waals surface area (Å²) in [6.07, 6.45) is 0. The van der Waals surface area contributed by atoms with Crippen LogP contribution in [0.15, 0.2) is 83.8 Å². The molecule has 0 aliphatic rings. The Bertz CT molecular complexity index is 1230. The number of ether oxygens (including phenoxy) is 1. The molecule has 0 atom stereocenters. The SMILES string of the molecule is COCCNC(=O)c1ccccc1NC(=O)CN(c1ccc(C)cc1)S(=O)(=O)c1ccccc1. The monoisotopic (exact) mass is 481 g/mol. The number of hydrogen-bond acceptors (Lipinski definition) is 5. The van der Waals surface area contributed by atoms with Gasteiger partial charge in [-0.3, -0.25) is 13.9 Å². The number of hydrogen-bond donors (Lipinski definition) is 2. The average Bonchev–Trinajstić information content (AvgIpc) is 2.84. The third kappa shape index (κ3) is 6.21. The number of rotatable bonds is 10. The molecule has 0 fully saturated rings. The van der Waals surface area contributed by atoms with E-state index in [-0.39, 0.29) is 22.1 Å². The first-order valence-electron chi connectivity index (χ1n) is 10.6. The van der Waals surface area contributed by atoms with Crippen molar-refractivity contribution in [2.45, 2.75) is 11.8 Å². The maximum absolute atomic E-state index is 13.4. The summed E-state index contributed by atoms with van der Waals surface area (Å²) in [6.45, 7) is 2.08. The zero-order valence-electron chi connectivity index (χ0n) is 19.0. The molecule has 0 bridgehead atoms. The first kappa shape index (κ1) is 24.9. The Kier molecular flexibility index (Phi) is 8.39. The summed E-state index contributed by atoms with van der Waals surface area (Å²) >= 11 is 0. The lowest BCUT2D eigenvalue weighted by Gasteiger charge is -2.24. The maximum atomic E-state index is 13.4. The highest BCUT2D eigenvalue weighted by Crippen LogP contribution is 2.24. The zero-order valence-corrected chi connectivity index (χ0v) is 19.8. The fourth-order valence-corrected chi connectivity index (χ4v) is 4.66. The summed E-state index contributed by atoms with van der Waals surface area (Å²) in [4.78, 5) is 25.6. The predicted molar refractivity (Wildman–Crippen MR) is 131 cm³/mol. The topological polar surface area (TPSA) is 105 Å². The molecule has 0 aliphatic carbocycles. The first-order chi connectivity index (χ1) is 16.3. The summed E-state index contributed by atoms with van der Waals surface area (Å²) in [5.41, 5.74) is 1.86. The van der Waals surface area contributed by atoms with Crippen molar-refractivity contribution in [3.05, 3.63) is 90.0 Å². The zero-order chi connectivity index (χ0) is 24.6. The second-order valence-electron chi connectivity index (χ2n) is 7.50. The van der Waals surface area contributed by atoms with E-state index in [0.717, 1.165) is 9.87 Å². The fraction of sp³-hybridized carbons (Fsp3) is 0.200. The summed E-state index contributed by atoms with van der Waals surface area (Å²) < 4.78 is 32.8. The number of nitrogens with zero attached hydrogens (tertiary/aromatic N) is 1. The van der Waals surface area contributed by atoms with Gasteiger partial charge in [0.25, 0.3) is 15.9 Å². The average molecular weight is 482 g/mol. The van der Waals surface area contributed by atoms with Crippen LogP contribution in [0.5, 0.6) is 0 Å². The van der Waals surface area contributed by atoms with Crippen LogP contribution in [0, 0.1) is 6.92 Å². The Morgan fingerprint density at radius 1 is 0.912 bits per heavy atom. The van der Waals surface area contributed by atoms with Crippen LogP contribution in [0.4, 0.5) is 11.4 Å². The number of sulfonamides is 1. The molecule has 34 heavy (non-hydrogen) atoms. The Morgan fingerprint density at radius 2 is 1.56 bits per heavy atom. The van der Waals surface area contributed by atoms with Gasteiger partial charge in [-0.25, -0.2) is 8.42 Å². The third-order valence-electron chi connectivity index (χ3n) is 4.98. The molecular weight excluding hydrogens is 454 g/mol. The number of anilines is 2. The molecule has 0 saturated carbocycles. The van der Waals surface area contributed by atoms with E-state index in [2.05, 4.69) is 10.6 Å². The van der Waals surface area contributed by atoms with Gasteiger partial charge in [0, 0.05) is 13.7 Å². The van der Waals surface area contributed by atoms with Crippen molar-refractivity contribution >= 4 is 33.2 Å². The molecule has 3 aromatic rings. The van der Waals surface area contributed by atoms with Gasteiger partial charge in [0.2, 0.25) is 5.91 Å². The van der Waals surface area contributed by atoms with E-state index < -0.39 is 22.5 Å². The molecule has 3 aromatic carbocycles. The van der Waals surface area contributed by atoms with Crippen LogP contribution in [0.3, 0.4) is 0 Å². The summed E-state index contributed by atoms with van der Waals surface area (Å²) in [5, 5.41) is 5.39. The summed E-state index contributed by atoms with van der Waals surface area (Å²) in [5.74, 6) is -0.961. The van der Waals surface area contributed by atoms with E-state index in [1.807, 2.05) is 6.92 Å². The molecular formula is C25H27N3O5S. The predicted octanol–water partition coefficient (Wildman–Crippen LogP) is 3.21. The number of benzene rings is 3. The van der Waals surface area contributed by atoms with Crippen molar-refractivity contribution in [2.75, 3.05) is 36.4 Å². The molecule has 0 aromatic heterocycles. The molecule has 0 spiro atoms. The van der Waals surface area contributed by atoms with Crippen LogP contribution >= 0.6 is 0 Å². The summed E-state index contributed by atoms with van der Waals surface area (Å²) in [6, 6.07) is 21.3. The Morgan fingerprint density at radius 3 is 2.24 bits per heavy atom. The van der Waals surface area contributed by atoms with E-state index in [1.165, 1.54) is 19.2 Å². The highest BCUT2D eigenvalue weighted by Gasteiger charge is 2.27. The number of para-hydroxylation sites is 1. The van der Waals surface area contributed by atoms with Crippen LogP contribution in [0.1, 0.15) is 15.9 Å². The second kappa shape index (κ2) is 11.4. The van der Waals surface area contributed by atoms with Gasteiger partial charge in [0.15, 0.2) is 0 Å². The van der Waals surface area contributed by atoms with Crippen molar-refractivity contribution < 1.29 is 22.7 Å². The van der Waals surface area contributed by atoms with Gasteiger partial charge < -0.3 is 15.4 Å². The minimum Gasteiger partial charge on any atom is -0.383 e. The summed E-state index contributed by atoms with van der Waals surface area (Å²) in [7, 11) is -2.49.